The van der Waals surface area contributed by atoms with Crippen LogP contribution in [0.5, 0.6) is 0 Å². The Labute approximate surface area is 136 Å². The van der Waals surface area contributed by atoms with E-state index in [2.05, 4.69) is 22.3 Å². The summed E-state index contributed by atoms with van der Waals surface area (Å²) in [5.41, 5.74) is 1.95. The third-order valence-electron chi connectivity index (χ3n) is 4.24. The Bertz CT molecular complexity index is 651. The molecule has 2 aromatic carbocycles. The molecule has 0 aromatic heterocycles. The minimum absolute atomic E-state index is 0.0336. The summed E-state index contributed by atoms with van der Waals surface area (Å²) in [5, 5.41) is 3.07. The molecule has 1 fully saturated rings. The van der Waals surface area contributed by atoms with Crippen LogP contribution in [0.1, 0.15) is 18.4 Å². The molecule has 120 valence electrons. The minimum Gasteiger partial charge on any atom is -0.371 e. The molecule has 0 atom stereocenters. The first-order chi connectivity index (χ1) is 11.2. The number of amides is 1. The van der Waals surface area contributed by atoms with Gasteiger partial charge in [-0.05, 0) is 42.7 Å². The van der Waals surface area contributed by atoms with Gasteiger partial charge in [-0.1, -0.05) is 30.3 Å². The summed E-state index contributed by atoms with van der Waals surface area (Å²) < 4.78 is 13.1. The fraction of sp³-hybridized carbons (Fsp3) is 0.316. The lowest BCUT2D eigenvalue weighted by Gasteiger charge is -2.34. The summed E-state index contributed by atoms with van der Waals surface area (Å²) in [4.78, 5) is 14.4. The molecule has 4 heteroatoms. The molecule has 1 N–H and O–H groups in total. The van der Waals surface area contributed by atoms with Crippen LogP contribution in [-0.4, -0.2) is 25.0 Å². The standard InChI is InChI=1S/C19H21FN2O/c20-16-6-4-5-15(13-16)14-19(23)21-17-9-11-22(12-10-17)18-7-2-1-3-8-18/h1-8,13,17H,9-12,14H2,(H,21,23). The van der Waals surface area contributed by atoms with E-state index in [0.29, 0.717) is 5.56 Å². The number of rotatable bonds is 4. The third-order valence-corrected chi connectivity index (χ3v) is 4.24. The number of benzene rings is 2. The van der Waals surface area contributed by atoms with E-state index in [0.717, 1.165) is 25.9 Å². The molecular weight excluding hydrogens is 291 g/mol. The van der Waals surface area contributed by atoms with Crippen LogP contribution in [0.25, 0.3) is 0 Å². The maximum Gasteiger partial charge on any atom is 0.224 e. The number of nitrogens with one attached hydrogen (secondary N) is 1. The van der Waals surface area contributed by atoms with E-state index in [9.17, 15) is 9.18 Å². The van der Waals surface area contributed by atoms with Crippen molar-refractivity contribution in [2.24, 2.45) is 0 Å². The first-order valence-corrected chi connectivity index (χ1v) is 8.04. The Morgan fingerprint density at radius 2 is 1.83 bits per heavy atom. The largest absolute Gasteiger partial charge is 0.371 e. The summed E-state index contributed by atoms with van der Waals surface area (Å²) in [6.07, 6.45) is 2.10. The second kappa shape index (κ2) is 7.27. The molecule has 1 saturated heterocycles. The van der Waals surface area contributed by atoms with Gasteiger partial charge in [-0.2, -0.15) is 0 Å². The molecular formula is C19H21FN2O. The number of anilines is 1. The van der Waals surface area contributed by atoms with Gasteiger partial charge in [0.25, 0.3) is 0 Å². The average molecular weight is 312 g/mol. The number of hydrogen-bond acceptors (Lipinski definition) is 2. The molecule has 0 aliphatic carbocycles. The van der Waals surface area contributed by atoms with Gasteiger partial charge in [0.05, 0.1) is 6.42 Å². The van der Waals surface area contributed by atoms with Gasteiger partial charge in [-0.3, -0.25) is 4.79 Å². The van der Waals surface area contributed by atoms with E-state index in [4.69, 9.17) is 0 Å². The van der Waals surface area contributed by atoms with E-state index >= 15 is 0 Å². The van der Waals surface area contributed by atoms with Gasteiger partial charge in [-0.15, -0.1) is 0 Å². The quantitative estimate of drug-likeness (QED) is 0.940. The van der Waals surface area contributed by atoms with Gasteiger partial charge in [0.15, 0.2) is 0 Å². The normalized spacial score (nSPS) is 15.4. The van der Waals surface area contributed by atoms with Gasteiger partial charge < -0.3 is 10.2 Å². The predicted molar refractivity (Wildman–Crippen MR) is 89.9 cm³/mol. The number of nitrogens with zero attached hydrogens (tertiary/aromatic N) is 1. The number of para-hydroxylation sites is 1. The molecule has 1 heterocycles. The Morgan fingerprint density at radius 1 is 1.09 bits per heavy atom. The van der Waals surface area contributed by atoms with Crippen molar-refractivity contribution in [3.05, 3.63) is 66.0 Å². The fourth-order valence-corrected chi connectivity index (χ4v) is 3.03. The molecule has 3 nitrogen and oxygen atoms in total. The molecule has 2 aromatic rings. The highest BCUT2D eigenvalue weighted by molar-refractivity contribution is 5.78. The van der Waals surface area contributed by atoms with Crippen molar-refractivity contribution in [2.75, 3.05) is 18.0 Å². The first kappa shape index (κ1) is 15.5. The number of carbonyl (C=O) groups is 1. The number of hydrogen-bond donors (Lipinski definition) is 1. The molecule has 1 amide bonds. The van der Waals surface area contributed by atoms with Crippen molar-refractivity contribution in [3.63, 3.8) is 0 Å². The van der Waals surface area contributed by atoms with E-state index in [1.165, 1.54) is 17.8 Å². The maximum absolute atomic E-state index is 13.1. The summed E-state index contributed by atoms with van der Waals surface area (Å²) in [6.45, 7) is 1.88. The minimum atomic E-state index is -0.300. The smallest absolute Gasteiger partial charge is 0.224 e. The Morgan fingerprint density at radius 3 is 2.52 bits per heavy atom. The molecule has 1 aliphatic heterocycles. The summed E-state index contributed by atoms with van der Waals surface area (Å²) in [7, 11) is 0. The van der Waals surface area contributed by atoms with Crippen LogP contribution in [-0.2, 0) is 11.2 Å². The average Bonchev–Trinajstić information content (AvgIpc) is 2.56. The lowest BCUT2D eigenvalue weighted by atomic mass is 10.0. The van der Waals surface area contributed by atoms with Crippen molar-refractivity contribution in [2.45, 2.75) is 25.3 Å². The van der Waals surface area contributed by atoms with E-state index in [-0.39, 0.29) is 24.2 Å². The molecule has 0 spiro atoms. The highest BCUT2D eigenvalue weighted by Gasteiger charge is 2.20. The van der Waals surface area contributed by atoms with Crippen molar-refractivity contribution >= 4 is 11.6 Å². The lowest BCUT2D eigenvalue weighted by molar-refractivity contribution is -0.121. The Kier molecular flexibility index (Phi) is 4.91. The monoisotopic (exact) mass is 312 g/mol. The van der Waals surface area contributed by atoms with Crippen LogP contribution in [0.3, 0.4) is 0 Å². The van der Waals surface area contributed by atoms with Crippen molar-refractivity contribution in [1.29, 1.82) is 0 Å². The molecule has 3 rings (SSSR count). The van der Waals surface area contributed by atoms with Crippen LogP contribution in [0.15, 0.2) is 54.6 Å². The summed E-state index contributed by atoms with van der Waals surface area (Å²) in [6, 6.07) is 16.8. The topological polar surface area (TPSA) is 32.3 Å². The van der Waals surface area contributed by atoms with Crippen LogP contribution in [0.2, 0.25) is 0 Å². The van der Waals surface area contributed by atoms with Gasteiger partial charge in [0.2, 0.25) is 5.91 Å². The fourth-order valence-electron chi connectivity index (χ4n) is 3.03. The molecule has 0 bridgehead atoms. The second-order valence-electron chi connectivity index (χ2n) is 5.97. The van der Waals surface area contributed by atoms with E-state index in [1.807, 2.05) is 18.2 Å². The van der Waals surface area contributed by atoms with Gasteiger partial charge >= 0.3 is 0 Å². The number of carbonyl (C=O) groups excluding carboxylic acids is 1. The second-order valence-corrected chi connectivity index (χ2v) is 5.97. The van der Waals surface area contributed by atoms with Crippen molar-refractivity contribution in [1.82, 2.24) is 5.32 Å². The zero-order valence-electron chi connectivity index (χ0n) is 13.0. The van der Waals surface area contributed by atoms with Crippen LogP contribution in [0, 0.1) is 5.82 Å². The van der Waals surface area contributed by atoms with E-state index in [1.54, 1.807) is 12.1 Å². The zero-order chi connectivity index (χ0) is 16.1. The molecule has 0 unspecified atom stereocenters. The van der Waals surface area contributed by atoms with Crippen LogP contribution < -0.4 is 10.2 Å². The Hall–Kier alpha value is -2.36. The zero-order valence-corrected chi connectivity index (χ0v) is 13.0. The lowest BCUT2D eigenvalue weighted by Crippen LogP contribution is -2.45. The number of halogens is 1. The predicted octanol–water partition coefficient (Wildman–Crippen LogP) is 3.15. The summed E-state index contributed by atoms with van der Waals surface area (Å²) in [5.74, 6) is -0.333. The highest BCUT2D eigenvalue weighted by Crippen LogP contribution is 2.19. The SMILES string of the molecule is O=C(Cc1cccc(F)c1)NC1CCN(c2ccccc2)CC1. The van der Waals surface area contributed by atoms with Gasteiger partial charge in [0, 0.05) is 24.8 Å². The Balaban J connectivity index is 1.48. The maximum atomic E-state index is 13.1. The van der Waals surface area contributed by atoms with Crippen LogP contribution >= 0.6 is 0 Å². The van der Waals surface area contributed by atoms with Crippen molar-refractivity contribution < 1.29 is 9.18 Å². The van der Waals surface area contributed by atoms with E-state index < -0.39 is 0 Å². The highest BCUT2D eigenvalue weighted by atomic mass is 19.1. The molecule has 0 saturated carbocycles. The van der Waals surface area contributed by atoms with Crippen molar-refractivity contribution in [3.8, 4) is 0 Å². The molecule has 1 aliphatic rings. The van der Waals surface area contributed by atoms with Crippen LogP contribution in [0.4, 0.5) is 10.1 Å². The third kappa shape index (κ3) is 4.31. The molecule has 23 heavy (non-hydrogen) atoms. The summed E-state index contributed by atoms with van der Waals surface area (Å²) >= 11 is 0. The first-order valence-electron chi connectivity index (χ1n) is 8.04. The number of piperidine rings is 1. The molecule has 0 radical (unpaired) electrons. The van der Waals surface area contributed by atoms with Gasteiger partial charge in [-0.25, -0.2) is 4.39 Å². The van der Waals surface area contributed by atoms with Gasteiger partial charge in [0.1, 0.15) is 5.82 Å².